The van der Waals surface area contributed by atoms with Gasteiger partial charge in [0.2, 0.25) is 5.75 Å². The van der Waals surface area contributed by atoms with Crippen molar-refractivity contribution in [1.82, 2.24) is 4.90 Å². The first-order chi connectivity index (χ1) is 14.2. The average Bonchev–Trinajstić information content (AvgIpc) is 2.78. The van der Waals surface area contributed by atoms with Crippen LogP contribution in [0, 0.1) is 0 Å². The molecule has 7 nitrogen and oxygen atoms in total. The van der Waals surface area contributed by atoms with E-state index in [1.54, 1.807) is 36.4 Å². The molecule has 2 aliphatic rings. The Hall–Kier alpha value is -3.22. The van der Waals surface area contributed by atoms with Crippen LogP contribution in [0.3, 0.4) is 0 Å². The smallest absolute Gasteiger partial charge is 0.255 e. The van der Waals surface area contributed by atoms with Crippen LogP contribution in [0.15, 0.2) is 36.4 Å². The number of methoxy groups -OCH3 is 1. The molecule has 4 rings (SSSR count). The van der Waals surface area contributed by atoms with E-state index in [2.05, 4.69) is 5.32 Å². The quantitative estimate of drug-likeness (QED) is 0.858. The van der Waals surface area contributed by atoms with E-state index in [0.29, 0.717) is 47.3 Å². The fourth-order valence-corrected chi connectivity index (χ4v) is 3.62. The molecule has 152 valence electrons. The van der Waals surface area contributed by atoms with Crippen LogP contribution in [-0.2, 0) is 0 Å². The normalized spacial score (nSPS) is 15.6. The predicted molar refractivity (Wildman–Crippen MR) is 108 cm³/mol. The average molecular weight is 396 g/mol. The standard InChI is InChI=1S/C22H24N2O5/c1-27-18-13-16(14-19-20(18)29-11-10-28-19)21(25)23-17-7-5-6-15(12-17)22(26)24-8-3-2-4-9-24/h5-7,12-14H,2-4,8-11H2,1H3,(H,23,25). The lowest BCUT2D eigenvalue weighted by atomic mass is 10.1. The maximum atomic E-state index is 12.8. The van der Waals surface area contributed by atoms with Gasteiger partial charge in [0.25, 0.3) is 11.8 Å². The summed E-state index contributed by atoms with van der Waals surface area (Å²) in [5.74, 6) is 1.12. The number of nitrogens with zero attached hydrogens (tertiary/aromatic N) is 1. The molecule has 2 amide bonds. The van der Waals surface area contributed by atoms with E-state index in [9.17, 15) is 9.59 Å². The highest BCUT2D eigenvalue weighted by Gasteiger charge is 2.22. The number of likely N-dealkylation sites (tertiary alicyclic amines) is 1. The van der Waals surface area contributed by atoms with Gasteiger partial charge in [-0.15, -0.1) is 0 Å². The molecule has 1 N–H and O–H groups in total. The van der Waals surface area contributed by atoms with E-state index >= 15 is 0 Å². The number of hydrogen-bond donors (Lipinski definition) is 1. The summed E-state index contributed by atoms with van der Waals surface area (Å²) < 4.78 is 16.5. The molecule has 0 bridgehead atoms. The summed E-state index contributed by atoms with van der Waals surface area (Å²) in [6, 6.07) is 10.3. The number of anilines is 1. The summed E-state index contributed by atoms with van der Waals surface area (Å²) in [6.45, 7) is 2.42. The first kappa shape index (κ1) is 19.1. The van der Waals surface area contributed by atoms with Gasteiger partial charge in [0.15, 0.2) is 11.5 Å². The molecule has 1 fully saturated rings. The Morgan fingerprint density at radius 2 is 1.79 bits per heavy atom. The zero-order valence-corrected chi connectivity index (χ0v) is 16.4. The molecule has 0 atom stereocenters. The molecule has 0 unspecified atom stereocenters. The third-order valence-corrected chi connectivity index (χ3v) is 5.10. The number of piperidine rings is 1. The molecule has 1 saturated heterocycles. The van der Waals surface area contributed by atoms with E-state index in [0.717, 1.165) is 25.9 Å². The zero-order valence-electron chi connectivity index (χ0n) is 16.4. The van der Waals surface area contributed by atoms with Crippen LogP contribution in [0.5, 0.6) is 17.2 Å². The molecule has 2 heterocycles. The van der Waals surface area contributed by atoms with Crippen molar-refractivity contribution >= 4 is 17.5 Å². The number of carbonyl (C=O) groups excluding carboxylic acids is 2. The minimum absolute atomic E-state index is 0.00166. The number of nitrogens with one attached hydrogen (secondary N) is 1. The number of amides is 2. The van der Waals surface area contributed by atoms with Gasteiger partial charge < -0.3 is 24.4 Å². The van der Waals surface area contributed by atoms with E-state index < -0.39 is 0 Å². The molecular weight excluding hydrogens is 372 g/mol. The van der Waals surface area contributed by atoms with Gasteiger partial charge in [0.1, 0.15) is 13.2 Å². The molecule has 7 heteroatoms. The molecule has 0 aromatic heterocycles. The van der Waals surface area contributed by atoms with E-state index in [4.69, 9.17) is 14.2 Å². The van der Waals surface area contributed by atoms with Gasteiger partial charge >= 0.3 is 0 Å². The molecular formula is C22H24N2O5. The number of hydrogen-bond acceptors (Lipinski definition) is 5. The van der Waals surface area contributed by atoms with Crippen LogP contribution in [0.4, 0.5) is 5.69 Å². The van der Waals surface area contributed by atoms with Gasteiger partial charge in [0.05, 0.1) is 7.11 Å². The molecule has 2 aliphatic heterocycles. The summed E-state index contributed by atoms with van der Waals surface area (Å²) in [5, 5.41) is 2.85. The summed E-state index contributed by atoms with van der Waals surface area (Å²) in [7, 11) is 1.52. The molecule has 0 spiro atoms. The lowest BCUT2D eigenvalue weighted by Crippen LogP contribution is -2.35. The summed E-state index contributed by atoms with van der Waals surface area (Å²) in [5.41, 5.74) is 1.52. The van der Waals surface area contributed by atoms with Crippen molar-refractivity contribution in [1.29, 1.82) is 0 Å². The summed E-state index contributed by atoms with van der Waals surface area (Å²) in [4.78, 5) is 27.4. The van der Waals surface area contributed by atoms with Crippen LogP contribution in [-0.4, -0.2) is 50.1 Å². The molecule has 0 radical (unpaired) electrons. The van der Waals surface area contributed by atoms with Gasteiger partial charge in [-0.2, -0.15) is 0 Å². The number of ether oxygens (including phenoxy) is 3. The lowest BCUT2D eigenvalue weighted by molar-refractivity contribution is 0.0724. The SMILES string of the molecule is COc1cc(C(=O)Nc2cccc(C(=O)N3CCCCC3)c2)cc2c1OCCO2. The third-order valence-electron chi connectivity index (χ3n) is 5.10. The highest BCUT2D eigenvalue weighted by molar-refractivity contribution is 6.06. The highest BCUT2D eigenvalue weighted by atomic mass is 16.6. The van der Waals surface area contributed by atoms with Gasteiger partial charge in [0, 0.05) is 29.9 Å². The number of carbonyl (C=O) groups is 2. The van der Waals surface area contributed by atoms with Crippen LogP contribution >= 0.6 is 0 Å². The van der Waals surface area contributed by atoms with Gasteiger partial charge in [-0.3, -0.25) is 9.59 Å². The van der Waals surface area contributed by atoms with Crippen molar-refractivity contribution < 1.29 is 23.8 Å². The van der Waals surface area contributed by atoms with E-state index in [1.165, 1.54) is 13.5 Å². The highest BCUT2D eigenvalue weighted by Crippen LogP contribution is 2.40. The van der Waals surface area contributed by atoms with Crippen molar-refractivity contribution in [3.05, 3.63) is 47.5 Å². The second-order valence-corrected chi connectivity index (χ2v) is 7.09. The Morgan fingerprint density at radius 3 is 2.59 bits per heavy atom. The molecule has 2 aromatic rings. The maximum absolute atomic E-state index is 12.8. The van der Waals surface area contributed by atoms with Crippen molar-refractivity contribution in [3.8, 4) is 17.2 Å². The van der Waals surface area contributed by atoms with Crippen molar-refractivity contribution in [2.75, 3.05) is 38.7 Å². The first-order valence-electron chi connectivity index (χ1n) is 9.84. The number of rotatable bonds is 4. The minimum atomic E-state index is -0.317. The van der Waals surface area contributed by atoms with Crippen LogP contribution < -0.4 is 19.5 Å². The van der Waals surface area contributed by atoms with Gasteiger partial charge in [-0.1, -0.05) is 6.07 Å². The fraction of sp³-hybridized carbons (Fsp3) is 0.364. The second-order valence-electron chi connectivity index (χ2n) is 7.09. The van der Waals surface area contributed by atoms with Crippen LogP contribution in [0.25, 0.3) is 0 Å². The fourth-order valence-electron chi connectivity index (χ4n) is 3.62. The Bertz CT molecular complexity index is 904. The maximum Gasteiger partial charge on any atom is 0.255 e. The monoisotopic (exact) mass is 396 g/mol. The third kappa shape index (κ3) is 4.13. The number of benzene rings is 2. The lowest BCUT2D eigenvalue weighted by Gasteiger charge is -2.26. The molecule has 0 aliphatic carbocycles. The van der Waals surface area contributed by atoms with Gasteiger partial charge in [-0.05, 0) is 49.6 Å². The Morgan fingerprint density at radius 1 is 1.00 bits per heavy atom. The Kier molecular flexibility index (Phi) is 5.55. The topological polar surface area (TPSA) is 77.1 Å². The molecule has 0 saturated carbocycles. The zero-order chi connectivity index (χ0) is 20.2. The van der Waals surface area contributed by atoms with E-state index in [1.807, 2.05) is 4.90 Å². The van der Waals surface area contributed by atoms with Gasteiger partial charge in [-0.25, -0.2) is 0 Å². The minimum Gasteiger partial charge on any atom is -0.493 e. The number of fused-ring (bicyclic) bond motifs is 1. The van der Waals surface area contributed by atoms with Crippen molar-refractivity contribution in [2.45, 2.75) is 19.3 Å². The van der Waals surface area contributed by atoms with Crippen LogP contribution in [0.1, 0.15) is 40.0 Å². The predicted octanol–water partition coefficient (Wildman–Crippen LogP) is 3.34. The largest absolute Gasteiger partial charge is 0.493 e. The van der Waals surface area contributed by atoms with E-state index in [-0.39, 0.29) is 11.8 Å². The van der Waals surface area contributed by atoms with Crippen molar-refractivity contribution in [3.63, 3.8) is 0 Å². The Balaban J connectivity index is 1.52. The molecule has 29 heavy (non-hydrogen) atoms. The van der Waals surface area contributed by atoms with Crippen molar-refractivity contribution in [2.24, 2.45) is 0 Å². The summed E-state index contributed by atoms with van der Waals surface area (Å²) >= 11 is 0. The first-order valence-corrected chi connectivity index (χ1v) is 9.84. The molecule has 2 aromatic carbocycles. The Labute approximate surface area is 169 Å². The summed E-state index contributed by atoms with van der Waals surface area (Å²) in [6.07, 6.45) is 3.24. The second kappa shape index (κ2) is 8.43. The van der Waals surface area contributed by atoms with Crippen LogP contribution in [0.2, 0.25) is 0 Å².